The third-order valence-corrected chi connectivity index (χ3v) is 4.62. The van der Waals surface area contributed by atoms with Gasteiger partial charge in [0.25, 0.3) is 10.0 Å². The topological polar surface area (TPSA) is 58.6 Å². The van der Waals surface area contributed by atoms with Crippen LogP contribution in [0.3, 0.4) is 0 Å². The van der Waals surface area contributed by atoms with Crippen LogP contribution in [0.15, 0.2) is 53.4 Å². The summed E-state index contributed by atoms with van der Waals surface area (Å²) < 4.78 is 32.9. The zero-order valence-corrected chi connectivity index (χ0v) is 14.4. The second-order valence-electron chi connectivity index (χ2n) is 5.60. The van der Waals surface area contributed by atoms with E-state index in [9.17, 15) is 8.42 Å². The van der Waals surface area contributed by atoms with Gasteiger partial charge in [-0.2, -0.15) is 0 Å². The number of rotatable bonds is 7. The fourth-order valence-corrected chi connectivity index (χ4v) is 2.98. The molecule has 1 N–H and O–H groups in total. The number of nitrogens with zero attached hydrogens (tertiary/aromatic N) is 1. The maximum atomic E-state index is 12.4. The summed E-state index contributed by atoms with van der Waals surface area (Å²) in [4.78, 5) is 2.26. The van der Waals surface area contributed by atoms with Gasteiger partial charge in [-0.05, 0) is 45.3 Å². The zero-order valence-electron chi connectivity index (χ0n) is 13.6. The molecule has 23 heavy (non-hydrogen) atoms. The van der Waals surface area contributed by atoms with Crippen LogP contribution >= 0.6 is 0 Å². The van der Waals surface area contributed by atoms with Crippen molar-refractivity contribution in [2.24, 2.45) is 0 Å². The molecule has 2 aromatic rings. The first-order chi connectivity index (χ1) is 10.9. The van der Waals surface area contributed by atoms with E-state index in [-0.39, 0.29) is 4.90 Å². The normalized spacial score (nSPS) is 11.5. The molecular weight excluding hydrogens is 312 g/mol. The quantitative estimate of drug-likeness (QED) is 0.846. The number of ether oxygens (including phenoxy) is 1. The van der Waals surface area contributed by atoms with E-state index in [4.69, 9.17) is 4.74 Å². The minimum Gasteiger partial charge on any atom is -0.492 e. The molecule has 0 aliphatic heterocycles. The molecule has 5 nitrogen and oxygen atoms in total. The average molecular weight is 334 g/mol. The molecule has 0 bridgehead atoms. The number of hydrogen-bond acceptors (Lipinski definition) is 4. The van der Waals surface area contributed by atoms with Gasteiger partial charge in [-0.25, -0.2) is 8.42 Å². The first-order valence-electron chi connectivity index (χ1n) is 7.34. The average Bonchev–Trinajstić information content (AvgIpc) is 2.47. The lowest BCUT2D eigenvalue weighted by molar-refractivity contribution is 0.261. The summed E-state index contributed by atoms with van der Waals surface area (Å²) in [6, 6.07) is 13.7. The first kappa shape index (κ1) is 17.3. The van der Waals surface area contributed by atoms with Gasteiger partial charge >= 0.3 is 0 Å². The molecule has 0 amide bonds. The molecule has 0 fully saturated rings. The number of nitrogens with one attached hydrogen (secondary N) is 1. The van der Waals surface area contributed by atoms with Crippen molar-refractivity contribution in [1.82, 2.24) is 4.90 Å². The Labute approximate surface area is 137 Å². The fourth-order valence-electron chi connectivity index (χ4n) is 1.93. The molecular formula is C17H22N2O3S. The number of benzene rings is 2. The molecule has 2 aromatic carbocycles. The molecule has 0 saturated carbocycles. The lowest BCUT2D eigenvalue weighted by Gasteiger charge is -2.12. The number of aryl methyl sites for hydroxylation is 1. The molecule has 2 rings (SSSR count). The van der Waals surface area contributed by atoms with Crippen molar-refractivity contribution < 1.29 is 13.2 Å². The summed E-state index contributed by atoms with van der Waals surface area (Å²) in [5.74, 6) is 0.635. The lowest BCUT2D eigenvalue weighted by atomic mass is 10.2. The monoisotopic (exact) mass is 334 g/mol. The maximum absolute atomic E-state index is 12.4. The molecule has 0 heterocycles. The summed E-state index contributed by atoms with van der Waals surface area (Å²) in [5.41, 5.74) is 1.49. The molecule has 0 unspecified atom stereocenters. The van der Waals surface area contributed by atoms with E-state index in [1.807, 2.05) is 25.9 Å². The van der Waals surface area contributed by atoms with Crippen molar-refractivity contribution in [2.75, 3.05) is 32.0 Å². The van der Waals surface area contributed by atoms with Gasteiger partial charge in [0, 0.05) is 12.6 Å². The van der Waals surface area contributed by atoms with Crippen molar-refractivity contribution >= 4 is 15.7 Å². The highest BCUT2D eigenvalue weighted by Gasteiger charge is 2.14. The third kappa shape index (κ3) is 5.26. The molecule has 0 aliphatic carbocycles. The Morgan fingerprint density at radius 2 is 1.78 bits per heavy atom. The Kier molecular flexibility index (Phi) is 5.63. The van der Waals surface area contributed by atoms with E-state index in [0.717, 1.165) is 12.1 Å². The van der Waals surface area contributed by atoms with Gasteiger partial charge in [0.1, 0.15) is 12.4 Å². The molecule has 0 aromatic heterocycles. The minimum absolute atomic E-state index is 0.238. The van der Waals surface area contributed by atoms with Crippen LogP contribution in [0, 0.1) is 6.92 Å². The van der Waals surface area contributed by atoms with E-state index in [1.54, 1.807) is 48.5 Å². The summed E-state index contributed by atoms with van der Waals surface area (Å²) in [6.45, 7) is 3.25. The van der Waals surface area contributed by atoms with Crippen LogP contribution in [-0.4, -0.2) is 40.6 Å². The summed E-state index contributed by atoms with van der Waals surface area (Å²) in [5, 5.41) is 0. The standard InChI is InChI=1S/C17H22N2O3S/c1-14-7-9-17(10-8-14)23(20,21)18-15-5-4-6-16(13-15)22-12-11-19(2)3/h4-10,13,18H,11-12H2,1-3H3. The van der Waals surface area contributed by atoms with E-state index >= 15 is 0 Å². The van der Waals surface area contributed by atoms with Gasteiger partial charge < -0.3 is 9.64 Å². The molecule has 0 radical (unpaired) electrons. The van der Waals surface area contributed by atoms with Crippen LogP contribution in [0.2, 0.25) is 0 Å². The van der Waals surface area contributed by atoms with Crippen LogP contribution in [0.5, 0.6) is 5.75 Å². The lowest BCUT2D eigenvalue weighted by Crippen LogP contribution is -2.19. The molecule has 0 aliphatic rings. The smallest absolute Gasteiger partial charge is 0.261 e. The summed E-state index contributed by atoms with van der Waals surface area (Å²) in [6.07, 6.45) is 0. The Balaban J connectivity index is 2.08. The van der Waals surface area contributed by atoms with Gasteiger partial charge in [-0.1, -0.05) is 23.8 Å². The highest BCUT2D eigenvalue weighted by atomic mass is 32.2. The maximum Gasteiger partial charge on any atom is 0.261 e. The molecule has 0 spiro atoms. The molecule has 6 heteroatoms. The Morgan fingerprint density at radius 1 is 1.09 bits per heavy atom. The fraction of sp³-hybridized carbons (Fsp3) is 0.294. The van der Waals surface area contributed by atoms with E-state index < -0.39 is 10.0 Å². The van der Waals surface area contributed by atoms with Crippen LogP contribution in [0.4, 0.5) is 5.69 Å². The first-order valence-corrected chi connectivity index (χ1v) is 8.82. The van der Waals surface area contributed by atoms with Gasteiger partial charge in [0.05, 0.1) is 10.6 Å². The van der Waals surface area contributed by atoms with Crippen LogP contribution < -0.4 is 9.46 Å². The van der Waals surface area contributed by atoms with Gasteiger partial charge in [0.15, 0.2) is 0 Å². The van der Waals surface area contributed by atoms with Crippen molar-refractivity contribution in [2.45, 2.75) is 11.8 Å². The van der Waals surface area contributed by atoms with E-state index in [2.05, 4.69) is 4.72 Å². The molecule has 0 saturated heterocycles. The van der Waals surface area contributed by atoms with Gasteiger partial charge in [-0.15, -0.1) is 0 Å². The highest BCUT2D eigenvalue weighted by molar-refractivity contribution is 7.92. The summed E-state index contributed by atoms with van der Waals surface area (Å²) in [7, 11) is 0.341. The number of sulfonamides is 1. The predicted molar refractivity (Wildman–Crippen MR) is 92.5 cm³/mol. The second kappa shape index (κ2) is 7.48. The van der Waals surface area contributed by atoms with Gasteiger partial charge in [0.2, 0.25) is 0 Å². The Bertz CT molecular complexity index is 741. The van der Waals surface area contributed by atoms with Crippen molar-refractivity contribution in [3.8, 4) is 5.75 Å². The van der Waals surface area contributed by atoms with Crippen LogP contribution in [0.25, 0.3) is 0 Å². The Morgan fingerprint density at radius 3 is 2.43 bits per heavy atom. The van der Waals surface area contributed by atoms with Crippen LogP contribution in [0.1, 0.15) is 5.56 Å². The third-order valence-electron chi connectivity index (χ3n) is 3.22. The van der Waals surface area contributed by atoms with E-state index in [1.165, 1.54) is 0 Å². The molecule has 124 valence electrons. The SMILES string of the molecule is Cc1ccc(S(=O)(=O)Nc2cccc(OCCN(C)C)c2)cc1. The van der Waals surface area contributed by atoms with Crippen LogP contribution in [-0.2, 0) is 10.0 Å². The van der Waals surface area contributed by atoms with E-state index in [0.29, 0.717) is 18.0 Å². The number of hydrogen-bond donors (Lipinski definition) is 1. The van der Waals surface area contributed by atoms with Crippen molar-refractivity contribution in [1.29, 1.82) is 0 Å². The number of likely N-dealkylation sites (N-methyl/N-ethyl adjacent to an activating group) is 1. The van der Waals surface area contributed by atoms with Crippen molar-refractivity contribution in [3.05, 3.63) is 54.1 Å². The largest absolute Gasteiger partial charge is 0.492 e. The predicted octanol–water partition coefficient (Wildman–Crippen LogP) is 2.74. The molecule has 0 atom stereocenters. The highest BCUT2D eigenvalue weighted by Crippen LogP contribution is 2.21. The Hall–Kier alpha value is -2.05. The zero-order chi connectivity index (χ0) is 16.9. The second-order valence-corrected chi connectivity index (χ2v) is 7.28. The van der Waals surface area contributed by atoms with Crippen molar-refractivity contribution in [3.63, 3.8) is 0 Å². The summed E-state index contributed by atoms with van der Waals surface area (Å²) >= 11 is 0. The minimum atomic E-state index is -3.59. The van der Waals surface area contributed by atoms with Gasteiger partial charge in [-0.3, -0.25) is 4.72 Å². The number of anilines is 1.